The van der Waals surface area contributed by atoms with Gasteiger partial charge in [0.25, 0.3) is 0 Å². The van der Waals surface area contributed by atoms with E-state index >= 15 is 0 Å². The van der Waals surface area contributed by atoms with Crippen LogP contribution in [0.5, 0.6) is 0 Å². The first-order valence-corrected chi connectivity index (χ1v) is 8.41. The van der Waals surface area contributed by atoms with Crippen LogP contribution in [0.15, 0.2) is 4.99 Å². The van der Waals surface area contributed by atoms with Crippen LogP contribution in [-0.2, 0) is 9.47 Å². The summed E-state index contributed by atoms with van der Waals surface area (Å²) in [6, 6.07) is 0. The Morgan fingerprint density at radius 3 is 2.35 bits per heavy atom. The molecule has 2 heterocycles. The lowest BCUT2D eigenvalue weighted by Gasteiger charge is -2.32. The number of hydrogen-bond acceptors (Lipinski definition) is 4. The Kier molecular flexibility index (Phi) is 3.26. The highest BCUT2D eigenvalue weighted by atomic mass is 16.6. The Hall–Kier alpha value is -0.610. The van der Waals surface area contributed by atoms with E-state index in [2.05, 4.69) is 5.32 Å². The third kappa shape index (κ3) is 2.27. The van der Waals surface area contributed by atoms with Crippen molar-refractivity contribution in [1.29, 1.82) is 0 Å². The van der Waals surface area contributed by atoms with Gasteiger partial charge in [0.1, 0.15) is 6.61 Å². The summed E-state index contributed by atoms with van der Waals surface area (Å²) in [4.78, 5) is 4.95. The molecule has 2 spiro atoms. The fraction of sp³-hybridized carbons (Fsp3) is 0.938. The SMILES string of the molecule is C1CCC2(CC1)COC(C1NC3(CCCCC3)CO1)=N2. The van der Waals surface area contributed by atoms with Crippen LogP contribution in [0.1, 0.15) is 64.2 Å². The van der Waals surface area contributed by atoms with E-state index in [-0.39, 0.29) is 17.3 Å². The molecule has 0 bridgehead atoms. The van der Waals surface area contributed by atoms with E-state index < -0.39 is 0 Å². The zero-order valence-electron chi connectivity index (χ0n) is 12.3. The third-order valence-corrected chi connectivity index (χ3v) is 5.62. The van der Waals surface area contributed by atoms with E-state index in [1.807, 2.05) is 0 Å². The zero-order valence-corrected chi connectivity index (χ0v) is 12.3. The maximum absolute atomic E-state index is 6.00. The van der Waals surface area contributed by atoms with Crippen molar-refractivity contribution in [2.45, 2.75) is 81.5 Å². The fourth-order valence-corrected chi connectivity index (χ4v) is 4.36. The van der Waals surface area contributed by atoms with Crippen LogP contribution in [0.25, 0.3) is 0 Å². The Bertz CT molecular complexity index is 395. The van der Waals surface area contributed by atoms with Gasteiger partial charge in [-0.2, -0.15) is 0 Å². The van der Waals surface area contributed by atoms with E-state index in [1.54, 1.807) is 0 Å². The van der Waals surface area contributed by atoms with E-state index in [0.29, 0.717) is 0 Å². The van der Waals surface area contributed by atoms with Crippen molar-refractivity contribution in [3.8, 4) is 0 Å². The van der Waals surface area contributed by atoms with Crippen LogP contribution in [-0.4, -0.2) is 36.4 Å². The van der Waals surface area contributed by atoms with Gasteiger partial charge in [0.05, 0.1) is 12.1 Å². The lowest BCUT2D eigenvalue weighted by atomic mass is 9.83. The fourth-order valence-electron chi connectivity index (χ4n) is 4.36. The number of rotatable bonds is 1. The van der Waals surface area contributed by atoms with E-state index in [0.717, 1.165) is 19.1 Å². The molecular formula is C16H26N2O2. The standard InChI is InChI=1S/C16H26N2O2/c1-3-7-15(8-4-1)11-19-13(17-15)14-18-16(12-20-14)9-5-2-6-10-16/h13,17H,1-12H2. The van der Waals surface area contributed by atoms with Gasteiger partial charge < -0.3 is 9.47 Å². The predicted octanol–water partition coefficient (Wildman–Crippen LogP) is 2.77. The van der Waals surface area contributed by atoms with Crippen molar-refractivity contribution in [2.75, 3.05) is 13.2 Å². The van der Waals surface area contributed by atoms with E-state index in [4.69, 9.17) is 14.5 Å². The summed E-state index contributed by atoms with van der Waals surface area (Å²) in [5.41, 5.74) is 0.290. The highest BCUT2D eigenvalue weighted by molar-refractivity contribution is 5.83. The van der Waals surface area contributed by atoms with Gasteiger partial charge in [-0.25, -0.2) is 4.99 Å². The van der Waals surface area contributed by atoms with Gasteiger partial charge >= 0.3 is 0 Å². The normalized spacial score (nSPS) is 35.2. The van der Waals surface area contributed by atoms with Gasteiger partial charge in [-0.15, -0.1) is 0 Å². The maximum Gasteiger partial charge on any atom is 0.229 e. The Morgan fingerprint density at radius 1 is 0.900 bits per heavy atom. The van der Waals surface area contributed by atoms with Crippen molar-refractivity contribution < 1.29 is 9.47 Å². The van der Waals surface area contributed by atoms with Crippen LogP contribution < -0.4 is 5.32 Å². The van der Waals surface area contributed by atoms with E-state index in [9.17, 15) is 0 Å². The molecule has 0 amide bonds. The molecule has 3 fully saturated rings. The molecule has 1 unspecified atom stereocenters. The molecule has 2 aliphatic carbocycles. The summed E-state index contributed by atoms with van der Waals surface area (Å²) in [5, 5.41) is 3.69. The zero-order chi connectivity index (χ0) is 13.5. The minimum absolute atomic E-state index is 0.0843. The monoisotopic (exact) mass is 278 g/mol. The number of hydrogen-bond donors (Lipinski definition) is 1. The second kappa shape index (κ2) is 4.99. The Balaban J connectivity index is 1.45. The first-order chi connectivity index (χ1) is 9.79. The van der Waals surface area contributed by atoms with Crippen molar-refractivity contribution in [3.05, 3.63) is 0 Å². The largest absolute Gasteiger partial charge is 0.476 e. The molecule has 1 atom stereocenters. The molecular weight excluding hydrogens is 252 g/mol. The topological polar surface area (TPSA) is 42.8 Å². The van der Waals surface area contributed by atoms with Crippen molar-refractivity contribution in [1.82, 2.24) is 5.32 Å². The average Bonchev–Trinajstić information content (AvgIpc) is 3.07. The second-order valence-electron chi connectivity index (χ2n) is 7.20. The molecule has 0 aromatic carbocycles. The molecule has 0 radical (unpaired) electrons. The van der Waals surface area contributed by atoms with Crippen LogP contribution in [0.2, 0.25) is 0 Å². The van der Waals surface area contributed by atoms with Gasteiger partial charge in [-0.1, -0.05) is 38.5 Å². The van der Waals surface area contributed by atoms with Gasteiger partial charge in [-0.3, -0.25) is 5.32 Å². The highest BCUT2D eigenvalue weighted by Crippen LogP contribution is 2.38. The average molecular weight is 278 g/mol. The minimum Gasteiger partial charge on any atom is -0.476 e. The van der Waals surface area contributed by atoms with Crippen LogP contribution in [0.4, 0.5) is 0 Å². The van der Waals surface area contributed by atoms with E-state index in [1.165, 1.54) is 64.2 Å². The smallest absolute Gasteiger partial charge is 0.229 e. The molecule has 1 saturated heterocycles. The molecule has 1 N–H and O–H groups in total. The molecule has 4 rings (SSSR count). The summed E-state index contributed by atoms with van der Waals surface area (Å²) in [6.45, 7) is 1.60. The minimum atomic E-state index is -0.0885. The number of nitrogens with zero attached hydrogens (tertiary/aromatic N) is 1. The van der Waals surface area contributed by atoms with Crippen LogP contribution >= 0.6 is 0 Å². The van der Waals surface area contributed by atoms with Crippen LogP contribution in [0.3, 0.4) is 0 Å². The summed E-state index contributed by atoms with van der Waals surface area (Å²) < 4.78 is 11.9. The molecule has 4 aliphatic rings. The van der Waals surface area contributed by atoms with Gasteiger partial charge in [0.2, 0.25) is 5.90 Å². The number of ether oxygens (including phenoxy) is 2. The summed E-state index contributed by atoms with van der Waals surface area (Å²) in [7, 11) is 0. The molecule has 0 aromatic rings. The Labute approximate surface area is 121 Å². The van der Waals surface area contributed by atoms with Crippen molar-refractivity contribution in [2.24, 2.45) is 4.99 Å². The molecule has 0 aromatic heterocycles. The molecule has 20 heavy (non-hydrogen) atoms. The molecule has 4 nitrogen and oxygen atoms in total. The summed E-state index contributed by atoms with van der Waals surface area (Å²) >= 11 is 0. The van der Waals surface area contributed by atoms with Gasteiger partial charge in [-0.05, 0) is 25.7 Å². The lowest BCUT2D eigenvalue weighted by Crippen LogP contribution is -2.48. The first kappa shape index (κ1) is 13.1. The number of nitrogens with one attached hydrogen (secondary N) is 1. The molecule has 2 saturated carbocycles. The second-order valence-corrected chi connectivity index (χ2v) is 7.20. The molecule has 2 aliphatic heterocycles. The quantitative estimate of drug-likeness (QED) is 0.802. The van der Waals surface area contributed by atoms with Crippen molar-refractivity contribution in [3.63, 3.8) is 0 Å². The Morgan fingerprint density at radius 2 is 1.60 bits per heavy atom. The predicted molar refractivity (Wildman–Crippen MR) is 77.9 cm³/mol. The lowest BCUT2D eigenvalue weighted by molar-refractivity contribution is 0.116. The highest BCUT2D eigenvalue weighted by Gasteiger charge is 2.46. The van der Waals surface area contributed by atoms with Crippen LogP contribution in [0, 0.1) is 0 Å². The third-order valence-electron chi connectivity index (χ3n) is 5.62. The van der Waals surface area contributed by atoms with Crippen molar-refractivity contribution >= 4 is 5.90 Å². The first-order valence-electron chi connectivity index (χ1n) is 8.41. The van der Waals surface area contributed by atoms with Gasteiger partial charge in [0.15, 0.2) is 6.23 Å². The maximum atomic E-state index is 6.00. The van der Waals surface area contributed by atoms with Gasteiger partial charge in [0, 0.05) is 5.54 Å². The summed E-state index contributed by atoms with van der Waals surface area (Å²) in [5.74, 6) is 0.828. The summed E-state index contributed by atoms with van der Waals surface area (Å²) in [6.07, 6.45) is 12.7. The number of aliphatic imine (C=N–C) groups is 1. The molecule has 4 heteroatoms. The molecule has 112 valence electrons.